The van der Waals surface area contributed by atoms with Crippen LogP contribution in [0.5, 0.6) is 0 Å². The van der Waals surface area contributed by atoms with Gasteiger partial charge in [0, 0.05) is 23.6 Å². The van der Waals surface area contributed by atoms with Crippen molar-refractivity contribution < 1.29 is 14.7 Å². The van der Waals surface area contributed by atoms with Gasteiger partial charge in [0.05, 0.1) is 17.4 Å². The molecule has 0 radical (unpaired) electrons. The predicted octanol–water partition coefficient (Wildman–Crippen LogP) is 4.30. The molecule has 1 atom stereocenters. The molecular weight excluding hydrogens is 450 g/mol. The number of anilines is 1. The van der Waals surface area contributed by atoms with Gasteiger partial charge in [0.15, 0.2) is 11.0 Å². The van der Waals surface area contributed by atoms with Crippen LogP contribution in [0.3, 0.4) is 0 Å². The Morgan fingerprint density at radius 3 is 2.56 bits per heavy atom. The van der Waals surface area contributed by atoms with E-state index in [1.54, 1.807) is 24.5 Å². The van der Waals surface area contributed by atoms with Crippen LogP contribution in [0.2, 0.25) is 0 Å². The van der Waals surface area contributed by atoms with E-state index in [1.807, 2.05) is 18.2 Å². The molecule has 34 heavy (non-hydrogen) atoms. The molecule has 0 fully saturated rings. The fourth-order valence-corrected chi connectivity index (χ4v) is 4.96. The summed E-state index contributed by atoms with van der Waals surface area (Å²) in [5, 5.41) is 21.4. The van der Waals surface area contributed by atoms with Gasteiger partial charge in [0.2, 0.25) is 5.91 Å². The molecular formula is C25H21N5O3S. The van der Waals surface area contributed by atoms with Crippen LogP contribution in [-0.2, 0) is 11.2 Å². The number of carbonyl (C=O) groups excluding carboxylic acids is 1. The normalized spacial score (nSPS) is 14.5. The molecule has 0 aliphatic heterocycles. The standard InChI is InChI=1S/C25H21N5O3S/c31-22(27-19-8-5-18(6-9-19)24(32)33)15-34-25-29-28-23(17-11-13-26-14-12-17)30(25)21-10-7-16-3-1-2-4-20(16)21/h1-6,8-9,11-14,21H,7,10,15H2,(H,27,31)(H,32,33)/t21-/m0/s1. The third-order valence-corrected chi connectivity index (χ3v) is 6.71. The van der Waals surface area contributed by atoms with Crippen molar-refractivity contribution in [3.8, 4) is 11.4 Å². The third kappa shape index (κ3) is 4.42. The SMILES string of the molecule is O=C(CSc1nnc(-c2ccncc2)n1[C@H]1CCc2ccccc21)Nc1ccc(C(=O)O)cc1. The molecule has 4 aromatic rings. The Hall–Kier alpha value is -3.98. The summed E-state index contributed by atoms with van der Waals surface area (Å²) in [6, 6.07) is 18.4. The average Bonchev–Trinajstić information content (AvgIpc) is 3.47. The Bertz CT molecular complexity index is 1340. The molecule has 0 saturated heterocycles. The highest BCUT2D eigenvalue weighted by atomic mass is 32.2. The highest BCUT2D eigenvalue weighted by molar-refractivity contribution is 7.99. The molecule has 2 aromatic heterocycles. The van der Waals surface area contributed by atoms with Gasteiger partial charge in [0.25, 0.3) is 0 Å². The number of nitrogens with zero attached hydrogens (tertiary/aromatic N) is 4. The zero-order valence-electron chi connectivity index (χ0n) is 18.1. The van der Waals surface area contributed by atoms with Crippen molar-refractivity contribution in [1.29, 1.82) is 0 Å². The molecule has 2 aromatic carbocycles. The maximum absolute atomic E-state index is 12.6. The van der Waals surface area contributed by atoms with Crippen LogP contribution >= 0.6 is 11.8 Å². The number of aromatic carboxylic acids is 1. The van der Waals surface area contributed by atoms with Crippen molar-refractivity contribution >= 4 is 29.3 Å². The highest BCUT2D eigenvalue weighted by Crippen LogP contribution is 2.39. The van der Waals surface area contributed by atoms with Crippen molar-refractivity contribution in [3.63, 3.8) is 0 Å². The molecule has 2 N–H and O–H groups in total. The van der Waals surface area contributed by atoms with Crippen molar-refractivity contribution in [2.45, 2.75) is 24.0 Å². The van der Waals surface area contributed by atoms with Gasteiger partial charge in [-0.3, -0.25) is 14.3 Å². The summed E-state index contributed by atoms with van der Waals surface area (Å²) in [4.78, 5) is 27.7. The monoisotopic (exact) mass is 471 g/mol. The molecule has 170 valence electrons. The van der Waals surface area contributed by atoms with Crippen molar-refractivity contribution in [2.75, 3.05) is 11.1 Å². The predicted molar refractivity (Wildman–Crippen MR) is 129 cm³/mol. The van der Waals surface area contributed by atoms with E-state index in [1.165, 1.54) is 35.0 Å². The number of pyridine rings is 1. The Morgan fingerprint density at radius 1 is 1.03 bits per heavy atom. The van der Waals surface area contributed by atoms with Gasteiger partial charge in [-0.2, -0.15) is 0 Å². The van der Waals surface area contributed by atoms with Crippen LogP contribution < -0.4 is 5.32 Å². The first-order chi connectivity index (χ1) is 16.6. The maximum Gasteiger partial charge on any atom is 0.335 e. The number of hydrogen-bond acceptors (Lipinski definition) is 6. The first-order valence-corrected chi connectivity index (χ1v) is 11.8. The molecule has 5 rings (SSSR count). The average molecular weight is 472 g/mol. The second-order valence-corrected chi connectivity index (χ2v) is 8.83. The fourth-order valence-electron chi connectivity index (χ4n) is 4.18. The minimum atomic E-state index is -1.01. The van der Waals surface area contributed by atoms with Gasteiger partial charge in [0.1, 0.15) is 0 Å². The van der Waals surface area contributed by atoms with E-state index in [2.05, 4.69) is 43.3 Å². The summed E-state index contributed by atoms with van der Waals surface area (Å²) in [5.74, 6) is -0.328. The number of amides is 1. The first-order valence-electron chi connectivity index (χ1n) is 10.8. The summed E-state index contributed by atoms with van der Waals surface area (Å²) < 4.78 is 2.13. The number of benzene rings is 2. The van der Waals surface area contributed by atoms with Gasteiger partial charge < -0.3 is 10.4 Å². The quantitative estimate of drug-likeness (QED) is 0.387. The van der Waals surface area contributed by atoms with Gasteiger partial charge in [-0.05, 0) is 60.4 Å². The van der Waals surface area contributed by atoms with E-state index in [0.717, 1.165) is 24.2 Å². The minimum absolute atomic E-state index is 0.0866. The van der Waals surface area contributed by atoms with Gasteiger partial charge in [-0.15, -0.1) is 10.2 Å². The summed E-state index contributed by atoms with van der Waals surface area (Å²) in [6.45, 7) is 0. The van der Waals surface area contributed by atoms with Crippen LogP contribution in [-0.4, -0.2) is 42.5 Å². The number of hydrogen-bond donors (Lipinski definition) is 2. The second-order valence-electron chi connectivity index (χ2n) is 7.88. The molecule has 9 heteroatoms. The van der Waals surface area contributed by atoms with Crippen LogP contribution in [0.1, 0.15) is 33.9 Å². The number of carboxylic acids is 1. The molecule has 1 aliphatic carbocycles. The molecule has 0 bridgehead atoms. The molecule has 1 amide bonds. The molecule has 1 aliphatic rings. The Balaban J connectivity index is 1.38. The van der Waals surface area contributed by atoms with Crippen LogP contribution in [0.4, 0.5) is 5.69 Å². The summed E-state index contributed by atoms with van der Waals surface area (Å²) >= 11 is 1.33. The number of thioether (sulfide) groups is 1. The Kier molecular flexibility index (Phi) is 6.09. The third-order valence-electron chi connectivity index (χ3n) is 5.76. The lowest BCUT2D eigenvalue weighted by atomic mass is 10.1. The van der Waals surface area contributed by atoms with Gasteiger partial charge in [-0.25, -0.2) is 4.79 Å². The number of aromatic nitrogens is 4. The van der Waals surface area contributed by atoms with E-state index in [-0.39, 0.29) is 23.3 Å². The van der Waals surface area contributed by atoms with E-state index in [4.69, 9.17) is 5.11 Å². The zero-order chi connectivity index (χ0) is 23.5. The number of nitrogens with one attached hydrogen (secondary N) is 1. The largest absolute Gasteiger partial charge is 0.478 e. The number of carbonyl (C=O) groups is 2. The van der Waals surface area contributed by atoms with Crippen molar-refractivity contribution in [1.82, 2.24) is 19.7 Å². The number of aryl methyl sites for hydroxylation is 1. The van der Waals surface area contributed by atoms with Crippen LogP contribution in [0, 0.1) is 0 Å². The lowest BCUT2D eigenvalue weighted by Crippen LogP contribution is -2.16. The van der Waals surface area contributed by atoms with E-state index < -0.39 is 5.97 Å². The lowest BCUT2D eigenvalue weighted by Gasteiger charge is -2.18. The smallest absolute Gasteiger partial charge is 0.335 e. The van der Waals surface area contributed by atoms with E-state index in [9.17, 15) is 9.59 Å². The topological polar surface area (TPSA) is 110 Å². The summed E-state index contributed by atoms with van der Waals surface area (Å²) in [7, 11) is 0. The van der Waals surface area contributed by atoms with Gasteiger partial charge >= 0.3 is 5.97 Å². The maximum atomic E-state index is 12.6. The minimum Gasteiger partial charge on any atom is -0.478 e. The van der Waals surface area contributed by atoms with Crippen LogP contribution in [0.25, 0.3) is 11.4 Å². The molecule has 0 spiro atoms. The highest BCUT2D eigenvalue weighted by Gasteiger charge is 2.29. The summed E-state index contributed by atoms with van der Waals surface area (Å²) in [5.41, 5.74) is 4.20. The van der Waals surface area contributed by atoms with Gasteiger partial charge in [-0.1, -0.05) is 36.0 Å². The molecule has 0 unspecified atom stereocenters. The fraction of sp³-hybridized carbons (Fsp3) is 0.160. The number of rotatable bonds is 7. The Morgan fingerprint density at radius 2 is 1.79 bits per heavy atom. The number of fused-ring (bicyclic) bond motifs is 1. The Labute approximate surface area is 200 Å². The van der Waals surface area contributed by atoms with E-state index >= 15 is 0 Å². The first kappa shape index (κ1) is 21.8. The van der Waals surface area contributed by atoms with E-state index in [0.29, 0.717) is 10.8 Å². The molecule has 2 heterocycles. The number of carboxylic acid groups (broad SMARTS) is 1. The molecule has 8 nitrogen and oxygen atoms in total. The molecule has 0 saturated carbocycles. The summed E-state index contributed by atoms with van der Waals surface area (Å²) in [6.07, 6.45) is 5.37. The van der Waals surface area contributed by atoms with Crippen LogP contribution in [0.15, 0.2) is 78.2 Å². The van der Waals surface area contributed by atoms with Crippen molar-refractivity contribution in [3.05, 3.63) is 89.7 Å². The zero-order valence-corrected chi connectivity index (χ0v) is 18.9. The van der Waals surface area contributed by atoms with Crippen molar-refractivity contribution in [2.24, 2.45) is 0 Å². The second kappa shape index (κ2) is 9.48. The lowest BCUT2D eigenvalue weighted by molar-refractivity contribution is -0.113.